The maximum atomic E-state index is 13.1. The molecule has 0 bridgehead atoms. The summed E-state index contributed by atoms with van der Waals surface area (Å²) in [5, 5.41) is 2.75. The molecule has 2 amide bonds. The quantitative estimate of drug-likeness (QED) is 0.578. The van der Waals surface area contributed by atoms with E-state index >= 15 is 0 Å². The van der Waals surface area contributed by atoms with Crippen LogP contribution in [0.4, 0.5) is 13.2 Å². The minimum atomic E-state index is -4.49. The molecule has 0 saturated heterocycles. The van der Waals surface area contributed by atoms with Gasteiger partial charge in [0.25, 0.3) is 11.8 Å². The van der Waals surface area contributed by atoms with E-state index in [0.29, 0.717) is 18.4 Å². The number of amides is 2. The number of carbonyl (C=O) groups is 2. The van der Waals surface area contributed by atoms with Crippen LogP contribution in [0.2, 0.25) is 5.02 Å². The number of primary amides is 1. The summed E-state index contributed by atoms with van der Waals surface area (Å²) in [4.78, 5) is 23.8. The molecule has 31 heavy (non-hydrogen) atoms. The Labute approximate surface area is 182 Å². The largest absolute Gasteiger partial charge is 0.493 e. The van der Waals surface area contributed by atoms with Gasteiger partial charge in [0.2, 0.25) is 0 Å². The van der Waals surface area contributed by atoms with Crippen molar-refractivity contribution in [3.8, 4) is 11.5 Å². The van der Waals surface area contributed by atoms with Gasteiger partial charge in [-0.15, -0.1) is 0 Å². The van der Waals surface area contributed by atoms with Gasteiger partial charge in [-0.1, -0.05) is 37.1 Å². The first kappa shape index (κ1) is 24.3. The fraction of sp³-hybridized carbons (Fsp3) is 0.333. The summed E-state index contributed by atoms with van der Waals surface area (Å²) in [6, 6.07) is 6.86. The Kier molecular flexibility index (Phi) is 8.15. The summed E-state index contributed by atoms with van der Waals surface area (Å²) >= 11 is 6.16. The fourth-order valence-corrected chi connectivity index (χ4v) is 3.18. The van der Waals surface area contributed by atoms with Gasteiger partial charge in [-0.05, 0) is 36.2 Å². The molecule has 2 aromatic carbocycles. The first-order valence-electron chi connectivity index (χ1n) is 9.33. The van der Waals surface area contributed by atoms with Gasteiger partial charge in [0, 0.05) is 5.56 Å². The van der Waals surface area contributed by atoms with Crippen LogP contribution in [0.1, 0.15) is 47.3 Å². The predicted molar refractivity (Wildman–Crippen MR) is 109 cm³/mol. The maximum absolute atomic E-state index is 13.1. The highest BCUT2D eigenvalue weighted by molar-refractivity contribution is 6.32. The molecule has 0 unspecified atom stereocenters. The average molecular weight is 459 g/mol. The van der Waals surface area contributed by atoms with Crippen LogP contribution < -0.4 is 20.5 Å². The van der Waals surface area contributed by atoms with Gasteiger partial charge in [0.1, 0.15) is 0 Å². The molecule has 3 N–H and O–H groups in total. The third-order valence-corrected chi connectivity index (χ3v) is 4.63. The van der Waals surface area contributed by atoms with Crippen LogP contribution in [0, 0.1) is 0 Å². The van der Waals surface area contributed by atoms with Crippen molar-refractivity contribution in [3.05, 3.63) is 58.1 Å². The zero-order valence-electron chi connectivity index (χ0n) is 16.9. The van der Waals surface area contributed by atoms with Crippen molar-refractivity contribution in [2.45, 2.75) is 32.0 Å². The first-order chi connectivity index (χ1) is 14.6. The maximum Gasteiger partial charge on any atom is 0.416 e. The van der Waals surface area contributed by atoms with Gasteiger partial charge in [-0.2, -0.15) is 13.2 Å². The highest BCUT2D eigenvalue weighted by Gasteiger charge is 2.31. The third kappa shape index (κ3) is 6.52. The zero-order chi connectivity index (χ0) is 23.2. The van der Waals surface area contributed by atoms with E-state index in [-0.39, 0.29) is 22.1 Å². The van der Waals surface area contributed by atoms with Crippen molar-refractivity contribution in [1.29, 1.82) is 0 Å². The van der Waals surface area contributed by atoms with Crippen LogP contribution in [0.25, 0.3) is 0 Å². The lowest BCUT2D eigenvalue weighted by atomic mass is 9.99. The molecule has 10 heteroatoms. The van der Waals surface area contributed by atoms with Gasteiger partial charge < -0.3 is 20.5 Å². The molecule has 0 saturated carbocycles. The Morgan fingerprint density at radius 2 is 1.94 bits per heavy atom. The topological polar surface area (TPSA) is 90.6 Å². The first-order valence-corrected chi connectivity index (χ1v) is 9.71. The van der Waals surface area contributed by atoms with E-state index in [4.69, 9.17) is 26.8 Å². The van der Waals surface area contributed by atoms with Gasteiger partial charge in [0.15, 0.2) is 18.1 Å². The number of benzene rings is 2. The van der Waals surface area contributed by atoms with Gasteiger partial charge in [-0.3, -0.25) is 9.59 Å². The molecule has 2 rings (SSSR count). The van der Waals surface area contributed by atoms with E-state index in [1.54, 1.807) is 0 Å². The van der Waals surface area contributed by atoms with Crippen LogP contribution in [-0.4, -0.2) is 25.5 Å². The van der Waals surface area contributed by atoms with E-state index < -0.39 is 36.2 Å². The molecule has 0 spiro atoms. The van der Waals surface area contributed by atoms with Crippen LogP contribution in [-0.2, 0) is 11.0 Å². The summed E-state index contributed by atoms with van der Waals surface area (Å²) in [6.07, 6.45) is -3.43. The van der Waals surface area contributed by atoms with Gasteiger partial charge in [-0.25, -0.2) is 0 Å². The van der Waals surface area contributed by atoms with Crippen LogP contribution in [0.3, 0.4) is 0 Å². The SMILES string of the molecule is CCC[C@@H](NC(=O)c1cc(Cl)c(OCC(N)=O)c(OC)c1)c1cccc(C(F)(F)F)c1. The standard InChI is InChI=1S/C21H22ClF3N2O4/c1-3-5-16(12-6-4-7-14(8-12)21(23,24)25)27-20(29)13-9-15(22)19(17(10-13)30-2)31-11-18(26)28/h4,6-10,16H,3,5,11H2,1-2H3,(H2,26,28)(H,27,29)/t16-/m1/s1. The highest BCUT2D eigenvalue weighted by Crippen LogP contribution is 2.37. The smallest absolute Gasteiger partial charge is 0.416 e. The Hall–Kier alpha value is -2.94. The second-order valence-corrected chi connectivity index (χ2v) is 7.09. The Morgan fingerprint density at radius 1 is 1.23 bits per heavy atom. The Bertz CT molecular complexity index is 951. The lowest BCUT2D eigenvalue weighted by Crippen LogP contribution is -2.29. The van der Waals surface area contributed by atoms with Crippen molar-refractivity contribution < 1.29 is 32.2 Å². The van der Waals surface area contributed by atoms with E-state index in [9.17, 15) is 22.8 Å². The number of hydrogen-bond donors (Lipinski definition) is 2. The molecule has 0 aromatic heterocycles. The molecule has 0 radical (unpaired) electrons. The third-order valence-electron chi connectivity index (χ3n) is 4.35. The molecule has 168 valence electrons. The van der Waals surface area contributed by atoms with Crippen molar-refractivity contribution in [3.63, 3.8) is 0 Å². The van der Waals surface area contributed by atoms with Crippen LogP contribution >= 0.6 is 11.6 Å². The molecular weight excluding hydrogens is 437 g/mol. The summed E-state index contributed by atoms with van der Waals surface area (Å²) in [5.41, 5.74) is 4.71. The molecule has 0 aliphatic rings. The summed E-state index contributed by atoms with van der Waals surface area (Å²) in [6.45, 7) is 1.42. The highest BCUT2D eigenvalue weighted by atomic mass is 35.5. The molecule has 0 heterocycles. The number of nitrogens with one attached hydrogen (secondary N) is 1. The molecule has 0 aliphatic carbocycles. The van der Waals surface area contributed by atoms with Crippen molar-refractivity contribution in [2.75, 3.05) is 13.7 Å². The molecule has 0 fully saturated rings. The van der Waals surface area contributed by atoms with Crippen molar-refractivity contribution in [2.24, 2.45) is 5.73 Å². The second-order valence-electron chi connectivity index (χ2n) is 6.68. The lowest BCUT2D eigenvalue weighted by molar-refractivity contribution is -0.137. The van der Waals surface area contributed by atoms with E-state index in [1.807, 2.05) is 6.92 Å². The van der Waals surface area contributed by atoms with E-state index in [0.717, 1.165) is 12.1 Å². The molecule has 6 nitrogen and oxygen atoms in total. The predicted octanol–water partition coefficient (Wildman–Crippen LogP) is 4.50. The van der Waals surface area contributed by atoms with Crippen molar-refractivity contribution in [1.82, 2.24) is 5.32 Å². The summed E-state index contributed by atoms with van der Waals surface area (Å²) < 4.78 is 49.6. The Balaban J connectivity index is 2.30. The number of carbonyl (C=O) groups excluding carboxylic acids is 2. The number of methoxy groups -OCH3 is 1. The lowest BCUT2D eigenvalue weighted by Gasteiger charge is -2.20. The number of nitrogens with two attached hydrogens (primary N) is 1. The second kappa shape index (κ2) is 10.4. The van der Waals surface area contributed by atoms with Crippen molar-refractivity contribution >= 4 is 23.4 Å². The number of rotatable bonds is 9. The van der Waals surface area contributed by atoms with E-state index in [1.165, 1.54) is 31.4 Å². The number of alkyl halides is 3. The van der Waals surface area contributed by atoms with Gasteiger partial charge in [0.05, 0.1) is 23.7 Å². The van der Waals surface area contributed by atoms with E-state index in [2.05, 4.69) is 5.32 Å². The minimum absolute atomic E-state index is 0.0110. The number of hydrogen-bond acceptors (Lipinski definition) is 4. The summed E-state index contributed by atoms with van der Waals surface area (Å²) in [7, 11) is 1.33. The molecule has 0 aliphatic heterocycles. The summed E-state index contributed by atoms with van der Waals surface area (Å²) in [5.74, 6) is -1.13. The van der Waals surface area contributed by atoms with Crippen LogP contribution in [0.5, 0.6) is 11.5 Å². The monoisotopic (exact) mass is 458 g/mol. The molecule has 1 atom stereocenters. The molecule has 2 aromatic rings. The van der Waals surface area contributed by atoms with Crippen LogP contribution in [0.15, 0.2) is 36.4 Å². The fourth-order valence-electron chi connectivity index (χ4n) is 2.92. The number of ether oxygens (including phenoxy) is 2. The number of halogens is 4. The molecular formula is C21H22ClF3N2O4. The average Bonchev–Trinajstić information content (AvgIpc) is 2.71. The zero-order valence-corrected chi connectivity index (χ0v) is 17.6. The normalized spacial score (nSPS) is 12.2. The minimum Gasteiger partial charge on any atom is -0.493 e. The Morgan fingerprint density at radius 3 is 2.52 bits per heavy atom. The van der Waals surface area contributed by atoms with Gasteiger partial charge >= 0.3 is 6.18 Å².